The fourth-order valence-electron chi connectivity index (χ4n) is 1.96. The number of thiocarbonyl (C=S) groups is 1. The first-order valence-electron chi connectivity index (χ1n) is 6.51. The highest BCUT2D eigenvalue weighted by Gasteiger charge is 2.05. The van der Waals surface area contributed by atoms with Crippen LogP contribution in [0.25, 0.3) is 0 Å². The molecule has 0 aromatic heterocycles. The van der Waals surface area contributed by atoms with Crippen LogP contribution in [-0.4, -0.2) is 4.99 Å². The monoisotopic (exact) mass is 348 g/mol. The van der Waals surface area contributed by atoms with Gasteiger partial charge in [0.1, 0.15) is 4.99 Å². The van der Waals surface area contributed by atoms with Gasteiger partial charge in [-0.2, -0.15) is 0 Å². The molecule has 2 aromatic carbocycles. The fraction of sp³-hybridized carbons (Fsp3) is 0.188. The number of hydrogen-bond donors (Lipinski definition) is 2. The minimum Gasteiger partial charge on any atom is -0.389 e. The maximum absolute atomic E-state index is 5.76. The van der Waals surface area contributed by atoms with Crippen LogP contribution in [-0.2, 0) is 13.0 Å². The first-order valence-corrected chi connectivity index (χ1v) is 7.71. The van der Waals surface area contributed by atoms with E-state index in [9.17, 15) is 0 Å². The van der Waals surface area contributed by atoms with E-state index in [-0.39, 0.29) is 0 Å². The molecule has 0 saturated carbocycles. The van der Waals surface area contributed by atoms with Gasteiger partial charge in [0.2, 0.25) is 0 Å². The van der Waals surface area contributed by atoms with Crippen molar-refractivity contribution in [1.82, 2.24) is 0 Å². The van der Waals surface area contributed by atoms with E-state index in [0.717, 1.165) is 28.7 Å². The Labute approximate surface area is 133 Å². The lowest BCUT2D eigenvalue weighted by atomic mass is 10.1. The summed E-state index contributed by atoms with van der Waals surface area (Å²) in [5.74, 6) is 0. The Morgan fingerprint density at radius 3 is 2.40 bits per heavy atom. The third-order valence-corrected chi connectivity index (χ3v) is 3.87. The standard InChI is InChI=1S/C16H17BrN2S/c1-2-11-3-5-12(6-4-11)10-19-15-8-7-13(17)9-14(15)16(18)20/h3-9,19H,2,10H2,1H3,(H2,18,20). The molecule has 0 aliphatic rings. The smallest absolute Gasteiger partial charge is 0.106 e. The molecule has 3 N–H and O–H groups in total. The van der Waals surface area contributed by atoms with Crippen LogP contribution in [0.2, 0.25) is 0 Å². The molecule has 0 bridgehead atoms. The molecule has 2 nitrogen and oxygen atoms in total. The van der Waals surface area contributed by atoms with E-state index in [1.807, 2.05) is 18.2 Å². The zero-order valence-electron chi connectivity index (χ0n) is 11.3. The van der Waals surface area contributed by atoms with Crippen molar-refractivity contribution in [1.29, 1.82) is 0 Å². The zero-order valence-corrected chi connectivity index (χ0v) is 13.7. The molecule has 20 heavy (non-hydrogen) atoms. The molecule has 0 radical (unpaired) electrons. The number of halogens is 1. The summed E-state index contributed by atoms with van der Waals surface area (Å²) >= 11 is 8.52. The maximum atomic E-state index is 5.76. The summed E-state index contributed by atoms with van der Waals surface area (Å²) in [6.07, 6.45) is 1.06. The normalized spacial score (nSPS) is 10.3. The van der Waals surface area contributed by atoms with E-state index in [1.165, 1.54) is 11.1 Å². The average molecular weight is 349 g/mol. The summed E-state index contributed by atoms with van der Waals surface area (Å²) < 4.78 is 0.971. The Morgan fingerprint density at radius 1 is 1.15 bits per heavy atom. The van der Waals surface area contributed by atoms with Crippen LogP contribution in [0.15, 0.2) is 46.9 Å². The summed E-state index contributed by atoms with van der Waals surface area (Å²) in [6.45, 7) is 2.91. The van der Waals surface area contributed by atoms with Gasteiger partial charge in [-0.25, -0.2) is 0 Å². The molecule has 4 heteroatoms. The average Bonchev–Trinajstić information content (AvgIpc) is 2.46. The number of rotatable bonds is 5. The summed E-state index contributed by atoms with van der Waals surface area (Å²) in [5, 5.41) is 3.39. The van der Waals surface area contributed by atoms with Crippen LogP contribution in [0, 0.1) is 0 Å². The number of benzene rings is 2. The molecule has 0 saturated heterocycles. The lowest BCUT2D eigenvalue weighted by molar-refractivity contribution is 1.10. The molecule has 104 valence electrons. The summed E-state index contributed by atoms with van der Waals surface area (Å²) in [6, 6.07) is 14.5. The Balaban J connectivity index is 2.12. The minimum atomic E-state index is 0.398. The highest BCUT2D eigenvalue weighted by atomic mass is 79.9. The van der Waals surface area contributed by atoms with E-state index in [4.69, 9.17) is 18.0 Å². The van der Waals surface area contributed by atoms with Crippen molar-refractivity contribution in [3.05, 3.63) is 63.6 Å². The van der Waals surface area contributed by atoms with Crippen LogP contribution < -0.4 is 11.1 Å². The second-order valence-electron chi connectivity index (χ2n) is 4.58. The molecule has 0 heterocycles. The Morgan fingerprint density at radius 2 is 1.80 bits per heavy atom. The number of hydrogen-bond acceptors (Lipinski definition) is 2. The van der Waals surface area contributed by atoms with Gasteiger partial charge in [-0.05, 0) is 35.7 Å². The van der Waals surface area contributed by atoms with Gasteiger partial charge in [0, 0.05) is 22.3 Å². The van der Waals surface area contributed by atoms with Gasteiger partial charge >= 0.3 is 0 Å². The second kappa shape index (κ2) is 6.86. The summed E-state index contributed by atoms with van der Waals surface area (Å²) in [4.78, 5) is 0.398. The number of nitrogens with two attached hydrogens (primary N) is 1. The predicted octanol–water partition coefficient (Wildman–Crippen LogP) is 4.26. The largest absolute Gasteiger partial charge is 0.389 e. The topological polar surface area (TPSA) is 38.0 Å². The molecular formula is C16H17BrN2S. The first-order chi connectivity index (χ1) is 9.60. The third-order valence-electron chi connectivity index (χ3n) is 3.16. The molecule has 0 atom stereocenters. The molecule has 0 aliphatic carbocycles. The fourth-order valence-corrected chi connectivity index (χ4v) is 2.49. The number of aryl methyl sites for hydroxylation is 1. The van der Waals surface area contributed by atoms with E-state index in [0.29, 0.717) is 4.99 Å². The summed E-state index contributed by atoms with van der Waals surface area (Å²) in [7, 11) is 0. The van der Waals surface area contributed by atoms with Crippen LogP contribution >= 0.6 is 28.1 Å². The van der Waals surface area contributed by atoms with E-state index in [1.54, 1.807) is 0 Å². The summed E-state index contributed by atoms with van der Waals surface area (Å²) in [5.41, 5.74) is 10.2. The molecule has 0 unspecified atom stereocenters. The van der Waals surface area contributed by atoms with E-state index < -0.39 is 0 Å². The van der Waals surface area contributed by atoms with Crippen molar-refractivity contribution in [3.8, 4) is 0 Å². The Kier molecular flexibility index (Phi) is 5.15. The minimum absolute atomic E-state index is 0.398. The van der Waals surface area contributed by atoms with Gasteiger partial charge in [-0.15, -0.1) is 0 Å². The lowest BCUT2D eigenvalue weighted by Crippen LogP contribution is -2.13. The van der Waals surface area contributed by atoms with Crippen LogP contribution in [0.1, 0.15) is 23.6 Å². The van der Waals surface area contributed by atoms with Crippen LogP contribution in [0.5, 0.6) is 0 Å². The predicted molar refractivity (Wildman–Crippen MR) is 93.2 cm³/mol. The van der Waals surface area contributed by atoms with E-state index in [2.05, 4.69) is 52.4 Å². The van der Waals surface area contributed by atoms with Crippen molar-refractivity contribution in [2.75, 3.05) is 5.32 Å². The van der Waals surface area contributed by atoms with Gasteiger partial charge < -0.3 is 11.1 Å². The van der Waals surface area contributed by atoms with Gasteiger partial charge in [-0.1, -0.05) is 59.3 Å². The number of anilines is 1. The third kappa shape index (κ3) is 3.81. The highest BCUT2D eigenvalue weighted by Crippen LogP contribution is 2.21. The van der Waals surface area contributed by atoms with Crippen molar-refractivity contribution in [2.45, 2.75) is 19.9 Å². The first kappa shape index (κ1) is 15.0. The van der Waals surface area contributed by atoms with Crippen LogP contribution in [0.3, 0.4) is 0 Å². The van der Waals surface area contributed by atoms with Gasteiger partial charge in [0.25, 0.3) is 0 Å². The Bertz CT molecular complexity index is 608. The van der Waals surface area contributed by atoms with E-state index >= 15 is 0 Å². The molecule has 0 fully saturated rings. The molecule has 0 amide bonds. The molecule has 0 spiro atoms. The molecule has 2 aromatic rings. The van der Waals surface area contributed by atoms with Gasteiger partial charge in [-0.3, -0.25) is 0 Å². The van der Waals surface area contributed by atoms with Crippen molar-refractivity contribution < 1.29 is 0 Å². The maximum Gasteiger partial charge on any atom is 0.106 e. The zero-order chi connectivity index (χ0) is 14.5. The quantitative estimate of drug-likeness (QED) is 0.793. The lowest BCUT2D eigenvalue weighted by Gasteiger charge is -2.12. The van der Waals surface area contributed by atoms with Crippen LogP contribution in [0.4, 0.5) is 5.69 Å². The Hall–Kier alpha value is -1.39. The van der Waals surface area contributed by atoms with Crippen molar-refractivity contribution >= 4 is 38.8 Å². The molecule has 2 rings (SSSR count). The van der Waals surface area contributed by atoms with Gasteiger partial charge in [0.05, 0.1) is 0 Å². The second-order valence-corrected chi connectivity index (χ2v) is 5.93. The van der Waals surface area contributed by atoms with Crippen molar-refractivity contribution in [2.24, 2.45) is 5.73 Å². The highest BCUT2D eigenvalue weighted by molar-refractivity contribution is 9.10. The number of nitrogens with one attached hydrogen (secondary N) is 1. The van der Waals surface area contributed by atoms with Crippen molar-refractivity contribution in [3.63, 3.8) is 0 Å². The SMILES string of the molecule is CCc1ccc(CNc2ccc(Br)cc2C(N)=S)cc1. The molecular weight excluding hydrogens is 332 g/mol. The van der Waals surface area contributed by atoms with Gasteiger partial charge in [0.15, 0.2) is 0 Å². The molecule has 0 aliphatic heterocycles.